The molecule has 0 saturated heterocycles. The SMILES string of the molecule is CC(C)=CC(=O)NCC1CCCC(C)C1. The van der Waals surface area contributed by atoms with Crippen LogP contribution in [0, 0.1) is 11.8 Å². The molecule has 2 heteroatoms. The van der Waals surface area contributed by atoms with Crippen LogP contribution in [0.15, 0.2) is 11.6 Å². The van der Waals surface area contributed by atoms with Crippen molar-refractivity contribution in [2.24, 2.45) is 11.8 Å². The van der Waals surface area contributed by atoms with Gasteiger partial charge in [0.2, 0.25) is 5.91 Å². The van der Waals surface area contributed by atoms with Crippen LogP contribution in [0.2, 0.25) is 0 Å². The second kappa shape index (κ2) is 5.94. The summed E-state index contributed by atoms with van der Waals surface area (Å²) >= 11 is 0. The summed E-state index contributed by atoms with van der Waals surface area (Å²) in [6, 6.07) is 0. The monoisotopic (exact) mass is 209 g/mol. The van der Waals surface area contributed by atoms with Gasteiger partial charge in [0.1, 0.15) is 0 Å². The molecular formula is C13H23NO. The molecule has 0 heterocycles. The maximum Gasteiger partial charge on any atom is 0.243 e. The van der Waals surface area contributed by atoms with E-state index in [0.29, 0.717) is 5.92 Å². The van der Waals surface area contributed by atoms with Crippen LogP contribution >= 0.6 is 0 Å². The third kappa shape index (κ3) is 5.01. The van der Waals surface area contributed by atoms with Crippen LogP contribution in [0.25, 0.3) is 0 Å². The highest BCUT2D eigenvalue weighted by atomic mass is 16.1. The predicted molar refractivity (Wildman–Crippen MR) is 63.6 cm³/mol. The first-order chi connectivity index (χ1) is 7.08. The zero-order valence-corrected chi connectivity index (χ0v) is 10.2. The summed E-state index contributed by atoms with van der Waals surface area (Å²) in [5, 5.41) is 2.99. The minimum absolute atomic E-state index is 0.0632. The first-order valence-corrected chi connectivity index (χ1v) is 6.00. The zero-order valence-electron chi connectivity index (χ0n) is 10.2. The number of carbonyl (C=O) groups is 1. The van der Waals surface area contributed by atoms with E-state index < -0.39 is 0 Å². The number of hydrogen-bond acceptors (Lipinski definition) is 1. The maximum absolute atomic E-state index is 11.4. The summed E-state index contributed by atoms with van der Waals surface area (Å²) in [4.78, 5) is 11.4. The minimum atomic E-state index is 0.0632. The predicted octanol–water partition coefficient (Wildman–Crippen LogP) is 2.90. The molecule has 1 fully saturated rings. The maximum atomic E-state index is 11.4. The highest BCUT2D eigenvalue weighted by Gasteiger charge is 2.18. The van der Waals surface area contributed by atoms with Gasteiger partial charge < -0.3 is 5.32 Å². The molecule has 0 aromatic heterocycles. The molecule has 1 saturated carbocycles. The lowest BCUT2D eigenvalue weighted by Crippen LogP contribution is -2.30. The largest absolute Gasteiger partial charge is 0.352 e. The summed E-state index contributed by atoms with van der Waals surface area (Å²) in [6.45, 7) is 7.06. The van der Waals surface area contributed by atoms with E-state index in [1.54, 1.807) is 6.08 Å². The number of hydrogen-bond donors (Lipinski definition) is 1. The van der Waals surface area contributed by atoms with Crippen molar-refractivity contribution in [2.75, 3.05) is 6.54 Å². The molecule has 2 atom stereocenters. The zero-order chi connectivity index (χ0) is 11.3. The molecule has 1 aliphatic carbocycles. The van der Waals surface area contributed by atoms with Crippen molar-refractivity contribution in [3.05, 3.63) is 11.6 Å². The van der Waals surface area contributed by atoms with Crippen LogP contribution in [0.3, 0.4) is 0 Å². The van der Waals surface area contributed by atoms with Crippen LogP contribution in [-0.2, 0) is 4.79 Å². The van der Waals surface area contributed by atoms with Crippen LogP contribution in [-0.4, -0.2) is 12.5 Å². The Kier molecular flexibility index (Phi) is 4.86. The Morgan fingerprint density at radius 3 is 2.73 bits per heavy atom. The summed E-state index contributed by atoms with van der Waals surface area (Å²) in [5.74, 6) is 1.60. The second-order valence-corrected chi connectivity index (χ2v) is 5.10. The van der Waals surface area contributed by atoms with Gasteiger partial charge in [0.15, 0.2) is 0 Å². The van der Waals surface area contributed by atoms with Crippen molar-refractivity contribution >= 4 is 5.91 Å². The Balaban J connectivity index is 2.24. The normalized spacial score (nSPS) is 25.8. The van der Waals surface area contributed by atoms with Crippen LogP contribution in [0.5, 0.6) is 0 Å². The van der Waals surface area contributed by atoms with Gasteiger partial charge in [0.05, 0.1) is 0 Å². The molecule has 2 unspecified atom stereocenters. The molecule has 0 aromatic carbocycles. The van der Waals surface area contributed by atoms with Crippen LogP contribution < -0.4 is 5.32 Å². The fourth-order valence-electron chi connectivity index (χ4n) is 2.30. The average molecular weight is 209 g/mol. The standard InChI is InChI=1S/C13H23NO/c1-10(2)7-13(15)14-9-12-6-4-5-11(3)8-12/h7,11-12H,4-6,8-9H2,1-3H3,(H,14,15). The quantitative estimate of drug-likeness (QED) is 0.711. The molecule has 1 rings (SSSR count). The second-order valence-electron chi connectivity index (χ2n) is 5.10. The number of rotatable bonds is 3. The van der Waals surface area contributed by atoms with Gasteiger partial charge in [-0.3, -0.25) is 4.79 Å². The van der Waals surface area contributed by atoms with Gasteiger partial charge >= 0.3 is 0 Å². The van der Waals surface area contributed by atoms with Crippen molar-refractivity contribution in [3.63, 3.8) is 0 Å². The molecule has 0 aromatic rings. The van der Waals surface area contributed by atoms with Crippen molar-refractivity contribution in [2.45, 2.75) is 46.5 Å². The molecule has 0 spiro atoms. The number of carbonyl (C=O) groups excluding carboxylic acids is 1. The van der Waals surface area contributed by atoms with E-state index in [-0.39, 0.29) is 5.91 Å². The average Bonchev–Trinajstić information content (AvgIpc) is 2.14. The molecule has 1 N–H and O–H groups in total. The Hall–Kier alpha value is -0.790. The Morgan fingerprint density at radius 2 is 2.13 bits per heavy atom. The number of nitrogens with one attached hydrogen (secondary N) is 1. The van der Waals surface area contributed by atoms with Crippen molar-refractivity contribution in [1.29, 1.82) is 0 Å². The van der Waals surface area contributed by atoms with E-state index in [4.69, 9.17) is 0 Å². The first-order valence-electron chi connectivity index (χ1n) is 6.00. The molecule has 1 aliphatic rings. The molecule has 86 valence electrons. The summed E-state index contributed by atoms with van der Waals surface area (Å²) in [6.07, 6.45) is 6.91. The van der Waals surface area contributed by atoms with E-state index in [1.807, 2.05) is 13.8 Å². The molecule has 0 radical (unpaired) electrons. The summed E-state index contributed by atoms with van der Waals surface area (Å²) in [7, 11) is 0. The highest BCUT2D eigenvalue weighted by molar-refractivity contribution is 5.87. The van der Waals surface area contributed by atoms with E-state index in [1.165, 1.54) is 25.7 Å². The van der Waals surface area contributed by atoms with Crippen molar-refractivity contribution in [3.8, 4) is 0 Å². The van der Waals surface area contributed by atoms with Gasteiger partial charge in [-0.1, -0.05) is 25.3 Å². The number of allylic oxidation sites excluding steroid dienone is 1. The molecule has 1 amide bonds. The van der Waals surface area contributed by atoms with Crippen LogP contribution in [0.4, 0.5) is 0 Å². The number of amides is 1. The Morgan fingerprint density at radius 1 is 1.40 bits per heavy atom. The van der Waals surface area contributed by atoms with E-state index in [2.05, 4.69) is 12.2 Å². The van der Waals surface area contributed by atoms with Gasteiger partial charge in [-0.15, -0.1) is 0 Å². The van der Waals surface area contributed by atoms with Gasteiger partial charge in [-0.25, -0.2) is 0 Å². The third-order valence-corrected chi connectivity index (χ3v) is 3.03. The first kappa shape index (κ1) is 12.3. The molecule has 15 heavy (non-hydrogen) atoms. The molecule has 0 aliphatic heterocycles. The molecule has 0 bridgehead atoms. The van der Waals surface area contributed by atoms with Crippen molar-refractivity contribution in [1.82, 2.24) is 5.32 Å². The topological polar surface area (TPSA) is 29.1 Å². The lowest BCUT2D eigenvalue weighted by atomic mass is 9.82. The van der Waals surface area contributed by atoms with E-state index in [9.17, 15) is 4.79 Å². The highest BCUT2D eigenvalue weighted by Crippen LogP contribution is 2.27. The Bertz CT molecular complexity index is 241. The summed E-state index contributed by atoms with van der Waals surface area (Å²) in [5.41, 5.74) is 1.06. The fraction of sp³-hybridized carbons (Fsp3) is 0.769. The van der Waals surface area contributed by atoms with Gasteiger partial charge in [-0.2, -0.15) is 0 Å². The van der Waals surface area contributed by atoms with Crippen molar-refractivity contribution < 1.29 is 4.79 Å². The molecular weight excluding hydrogens is 186 g/mol. The van der Waals surface area contributed by atoms with E-state index in [0.717, 1.165) is 18.0 Å². The smallest absolute Gasteiger partial charge is 0.243 e. The minimum Gasteiger partial charge on any atom is -0.352 e. The lowest BCUT2D eigenvalue weighted by molar-refractivity contribution is -0.116. The van der Waals surface area contributed by atoms with E-state index >= 15 is 0 Å². The molecule has 2 nitrogen and oxygen atoms in total. The van der Waals surface area contributed by atoms with Gasteiger partial charge in [0, 0.05) is 12.6 Å². The third-order valence-electron chi connectivity index (χ3n) is 3.03. The fourth-order valence-corrected chi connectivity index (χ4v) is 2.30. The lowest BCUT2D eigenvalue weighted by Gasteiger charge is -2.26. The van der Waals surface area contributed by atoms with Gasteiger partial charge in [0.25, 0.3) is 0 Å². The summed E-state index contributed by atoms with van der Waals surface area (Å²) < 4.78 is 0. The van der Waals surface area contributed by atoms with Gasteiger partial charge in [-0.05, 0) is 38.5 Å². The Labute approximate surface area is 93.1 Å². The van der Waals surface area contributed by atoms with Crippen LogP contribution in [0.1, 0.15) is 46.5 Å².